The minimum atomic E-state index is -3.69. The summed E-state index contributed by atoms with van der Waals surface area (Å²) < 4.78 is 27.5. The predicted molar refractivity (Wildman–Crippen MR) is 76.6 cm³/mol. The second kappa shape index (κ2) is 5.06. The summed E-state index contributed by atoms with van der Waals surface area (Å²) in [5.41, 5.74) is 10.7. The molecule has 0 aromatic heterocycles. The SMILES string of the molecule is CCC1(NS(=O)(=O)c2ccc(C(N)=O)cc2N)CCC1. The highest BCUT2D eigenvalue weighted by atomic mass is 32.2. The number of nitrogens with one attached hydrogen (secondary N) is 1. The summed E-state index contributed by atoms with van der Waals surface area (Å²) in [7, 11) is -3.69. The van der Waals surface area contributed by atoms with Crippen molar-refractivity contribution in [3.05, 3.63) is 23.8 Å². The van der Waals surface area contributed by atoms with E-state index in [0.717, 1.165) is 25.7 Å². The van der Waals surface area contributed by atoms with Gasteiger partial charge in [0.1, 0.15) is 4.90 Å². The Morgan fingerprint density at radius 1 is 1.40 bits per heavy atom. The summed E-state index contributed by atoms with van der Waals surface area (Å²) in [6.45, 7) is 1.96. The molecule has 110 valence electrons. The van der Waals surface area contributed by atoms with Crippen molar-refractivity contribution >= 4 is 21.6 Å². The number of amides is 1. The molecule has 0 bridgehead atoms. The Morgan fingerprint density at radius 2 is 2.05 bits per heavy atom. The van der Waals surface area contributed by atoms with Crippen molar-refractivity contribution in [2.24, 2.45) is 5.73 Å². The predicted octanol–water partition coefficient (Wildman–Crippen LogP) is 0.979. The fraction of sp³-hybridized carbons (Fsp3) is 0.462. The first-order chi connectivity index (χ1) is 9.30. The quantitative estimate of drug-likeness (QED) is 0.702. The van der Waals surface area contributed by atoms with Gasteiger partial charge in [0, 0.05) is 11.1 Å². The van der Waals surface area contributed by atoms with Crippen LogP contribution in [-0.2, 0) is 10.0 Å². The highest BCUT2D eigenvalue weighted by Crippen LogP contribution is 2.36. The van der Waals surface area contributed by atoms with Crippen LogP contribution in [0.2, 0.25) is 0 Å². The Morgan fingerprint density at radius 3 is 2.45 bits per heavy atom. The van der Waals surface area contributed by atoms with E-state index in [2.05, 4.69) is 4.72 Å². The van der Waals surface area contributed by atoms with Crippen molar-refractivity contribution in [1.29, 1.82) is 0 Å². The molecule has 7 heteroatoms. The zero-order chi connectivity index (χ0) is 15.0. The first-order valence-electron chi connectivity index (χ1n) is 6.53. The van der Waals surface area contributed by atoms with Crippen LogP contribution in [0.1, 0.15) is 43.0 Å². The number of primary amides is 1. The maximum atomic E-state index is 12.4. The van der Waals surface area contributed by atoms with E-state index in [0.29, 0.717) is 0 Å². The van der Waals surface area contributed by atoms with Crippen LogP contribution < -0.4 is 16.2 Å². The summed E-state index contributed by atoms with van der Waals surface area (Å²) in [5, 5.41) is 0. The topological polar surface area (TPSA) is 115 Å². The number of rotatable bonds is 5. The van der Waals surface area contributed by atoms with E-state index in [1.807, 2.05) is 6.92 Å². The molecule has 2 rings (SSSR count). The molecule has 5 N–H and O–H groups in total. The lowest BCUT2D eigenvalue weighted by Crippen LogP contribution is -2.52. The lowest BCUT2D eigenvalue weighted by atomic mass is 9.76. The molecule has 20 heavy (non-hydrogen) atoms. The van der Waals surface area contributed by atoms with Crippen LogP contribution in [0.3, 0.4) is 0 Å². The van der Waals surface area contributed by atoms with E-state index < -0.39 is 15.9 Å². The third kappa shape index (κ3) is 2.64. The van der Waals surface area contributed by atoms with Gasteiger partial charge in [0.05, 0.1) is 5.69 Å². The molecule has 1 saturated carbocycles. The second-order valence-electron chi connectivity index (χ2n) is 5.21. The minimum Gasteiger partial charge on any atom is -0.398 e. The van der Waals surface area contributed by atoms with Crippen molar-refractivity contribution in [2.45, 2.75) is 43.0 Å². The van der Waals surface area contributed by atoms with Crippen LogP contribution in [0.25, 0.3) is 0 Å². The molecule has 0 heterocycles. The number of benzene rings is 1. The monoisotopic (exact) mass is 297 g/mol. The third-order valence-corrected chi connectivity index (χ3v) is 5.57. The Balaban J connectivity index is 2.32. The first kappa shape index (κ1) is 14.8. The first-order valence-corrected chi connectivity index (χ1v) is 8.01. The second-order valence-corrected chi connectivity index (χ2v) is 6.86. The molecule has 1 fully saturated rings. The number of sulfonamides is 1. The van der Waals surface area contributed by atoms with Gasteiger partial charge >= 0.3 is 0 Å². The zero-order valence-electron chi connectivity index (χ0n) is 11.3. The van der Waals surface area contributed by atoms with Gasteiger partial charge in [-0.1, -0.05) is 6.92 Å². The maximum Gasteiger partial charge on any atom is 0.248 e. The molecule has 0 aliphatic heterocycles. The molecule has 0 saturated heterocycles. The molecule has 0 spiro atoms. The van der Waals surface area contributed by atoms with Crippen LogP contribution in [0, 0.1) is 0 Å². The average Bonchev–Trinajstić information content (AvgIpc) is 2.33. The molecule has 0 atom stereocenters. The standard InChI is InChI=1S/C13H19N3O3S/c1-2-13(6-3-7-13)16-20(18,19)11-5-4-9(12(15)17)8-10(11)14/h4-5,8,16H,2-3,6-7,14H2,1H3,(H2,15,17). The number of hydrogen-bond donors (Lipinski definition) is 3. The Hall–Kier alpha value is -1.60. The summed E-state index contributed by atoms with van der Waals surface area (Å²) in [6, 6.07) is 3.97. The molecule has 1 aromatic rings. The molecule has 0 unspecified atom stereocenters. The van der Waals surface area contributed by atoms with Crippen LogP contribution in [-0.4, -0.2) is 19.9 Å². The molecular formula is C13H19N3O3S. The van der Waals surface area contributed by atoms with Gasteiger partial charge < -0.3 is 11.5 Å². The van der Waals surface area contributed by atoms with Crippen LogP contribution in [0.5, 0.6) is 0 Å². The van der Waals surface area contributed by atoms with Crippen molar-refractivity contribution in [1.82, 2.24) is 4.72 Å². The third-order valence-electron chi connectivity index (χ3n) is 3.92. The van der Waals surface area contributed by atoms with Crippen LogP contribution in [0.4, 0.5) is 5.69 Å². The van der Waals surface area contributed by atoms with Gasteiger partial charge in [0.2, 0.25) is 15.9 Å². The fourth-order valence-electron chi connectivity index (χ4n) is 2.42. The number of hydrogen-bond acceptors (Lipinski definition) is 4. The van der Waals surface area contributed by atoms with Gasteiger partial charge in [-0.3, -0.25) is 4.79 Å². The molecule has 6 nitrogen and oxygen atoms in total. The van der Waals surface area contributed by atoms with E-state index in [4.69, 9.17) is 11.5 Å². The normalized spacial score (nSPS) is 17.4. The van der Waals surface area contributed by atoms with E-state index in [1.165, 1.54) is 18.2 Å². The highest BCUT2D eigenvalue weighted by Gasteiger charge is 2.39. The molecule has 1 aliphatic rings. The number of carbonyl (C=O) groups excluding carboxylic acids is 1. The van der Waals surface area contributed by atoms with Crippen molar-refractivity contribution < 1.29 is 13.2 Å². The fourth-order valence-corrected chi connectivity index (χ4v) is 4.06. The summed E-state index contributed by atoms with van der Waals surface area (Å²) in [4.78, 5) is 11.0. The zero-order valence-corrected chi connectivity index (χ0v) is 12.2. The van der Waals surface area contributed by atoms with Gasteiger partial charge in [-0.15, -0.1) is 0 Å². The number of anilines is 1. The number of nitrogens with two attached hydrogens (primary N) is 2. The maximum absolute atomic E-state index is 12.4. The van der Waals surface area contributed by atoms with Gasteiger partial charge in [0.25, 0.3) is 0 Å². The molecule has 1 aliphatic carbocycles. The Kier molecular flexibility index (Phi) is 3.75. The van der Waals surface area contributed by atoms with Crippen molar-refractivity contribution in [3.63, 3.8) is 0 Å². The smallest absolute Gasteiger partial charge is 0.248 e. The summed E-state index contributed by atoms with van der Waals surface area (Å²) >= 11 is 0. The largest absolute Gasteiger partial charge is 0.398 e. The van der Waals surface area contributed by atoms with Crippen LogP contribution >= 0.6 is 0 Å². The molecule has 1 amide bonds. The van der Waals surface area contributed by atoms with Crippen molar-refractivity contribution in [2.75, 3.05) is 5.73 Å². The van der Waals surface area contributed by atoms with E-state index >= 15 is 0 Å². The Labute approximate surface area is 118 Å². The van der Waals surface area contributed by atoms with E-state index in [1.54, 1.807) is 0 Å². The van der Waals surface area contributed by atoms with Gasteiger partial charge in [-0.05, 0) is 43.9 Å². The number of carbonyl (C=O) groups is 1. The number of nitrogen functional groups attached to an aromatic ring is 1. The molecule has 0 radical (unpaired) electrons. The molecule has 1 aromatic carbocycles. The highest BCUT2D eigenvalue weighted by molar-refractivity contribution is 7.89. The van der Waals surface area contributed by atoms with E-state index in [9.17, 15) is 13.2 Å². The Bertz CT molecular complexity index is 631. The van der Waals surface area contributed by atoms with Gasteiger partial charge in [-0.25, -0.2) is 13.1 Å². The lowest BCUT2D eigenvalue weighted by Gasteiger charge is -2.41. The van der Waals surface area contributed by atoms with Crippen LogP contribution in [0.15, 0.2) is 23.1 Å². The summed E-state index contributed by atoms with van der Waals surface area (Å²) in [6.07, 6.45) is 3.43. The average molecular weight is 297 g/mol. The summed E-state index contributed by atoms with van der Waals surface area (Å²) in [5.74, 6) is -0.641. The van der Waals surface area contributed by atoms with Gasteiger partial charge in [0.15, 0.2) is 0 Å². The minimum absolute atomic E-state index is 0.0118. The molecular weight excluding hydrogens is 278 g/mol. The lowest BCUT2D eigenvalue weighted by molar-refractivity contribution is 0.1000. The van der Waals surface area contributed by atoms with Gasteiger partial charge in [-0.2, -0.15) is 0 Å². The van der Waals surface area contributed by atoms with E-state index in [-0.39, 0.29) is 21.7 Å². The van der Waals surface area contributed by atoms with Crippen molar-refractivity contribution in [3.8, 4) is 0 Å².